The standard InChI is InChI=1S/C21H16BrNO3/c1-11-3-6-17(16(22)7-11)23-18-9-13-4-5-14-12(2)8-20(25)26-21(14)15(13)10-19(18)24/h3-10,23-24H,1-2H3. The summed E-state index contributed by atoms with van der Waals surface area (Å²) in [6, 6.07) is 14.8. The SMILES string of the molecule is Cc1ccc(Nc2cc3ccc4c(C)cc(=O)oc4c3cc2O)c(Br)c1. The molecular weight excluding hydrogens is 394 g/mol. The van der Waals surface area contributed by atoms with Gasteiger partial charge in [0, 0.05) is 21.3 Å². The summed E-state index contributed by atoms with van der Waals surface area (Å²) < 4.78 is 6.32. The summed E-state index contributed by atoms with van der Waals surface area (Å²) in [6.07, 6.45) is 0. The van der Waals surface area contributed by atoms with Crippen molar-refractivity contribution in [3.05, 3.63) is 74.6 Å². The number of nitrogens with one attached hydrogen (secondary N) is 1. The minimum atomic E-state index is -0.396. The van der Waals surface area contributed by atoms with Gasteiger partial charge in [0.25, 0.3) is 0 Å². The Balaban J connectivity index is 1.89. The van der Waals surface area contributed by atoms with Crippen LogP contribution in [0.4, 0.5) is 11.4 Å². The van der Waals surface area contributed by atoms with Crippen molar-refractivity contribution in [2.24, 2.45) is 0 Å². The van der Waals surface area contributed by atoms with Gasteiger partial charge in [0.2, 0.25) is 0 Å². The first kappa shape index (κ1) is 16.7. The number of halogens is 1. The van der Waals surface area contributed by atoms with Gasteiger partial charge in [-0.25, -0.2) is 4.79 Å². The second-order valence-corrected chi connectivity index (χ2v) is 7.24. The zero-order valence-electron chi connectivity index (χ0n) is 14.3. The number of aromatic hydroxyl groups is 1. The summed E-state index contributed by atoms with van der Waals surface area (Å²) in [4.78, 5) is 11.8. The molecule has 4 rings (SSSR count). The molecular formula is C21H16BrNO3. The lowest BCUT2D eigenvalue weighted by atomic mass is 10.0. The first-order valence-corrected chi connectivity index (χ1v) is 8.95. The molecule has 0 radical (unpaired) electrons. The Morgan fingerprint density at radius 3 is 2.54 bits per heavy atom. The number of hydrogen-bond donors (Lipinski definition) is 2. The minimum absolute atomic E-state index is 0.0848. The number of phenols is 1. The van der Waals surface area contributed by atoms with E-state index < -0.39 is 5.63 Å². The van der Waals surface area contributed by atoms with Crippen LogP contribution in [0.3, 0.4) is 0 Å². The predicted octanol–water partition coefficient (Wildman–Crippen LogP) is 5.77. The van der Waals surface area contributed by atoms with Gasteiger partial charge in [-0.3, -0.25) is 0 Å². The molecule has 4 aromatic rings. The number of benzene rings is 3. The van der Waals surface area contributed by atoms with Gasteiger partial charge >= 0.3 is 5.63 Å². The van der Waals surface area contributed by atoms with Crippen LogP contribution in [0.15, 0.2) is 62.2 Å². The molecule has 0 aliphatic carbocycles. The highest BCUT2D eigenvalue weighted by Gasteiger charge is 2.11. The van der Waals surface area contributed by atoms with Crippen molar-refractivity contribution in [2.75, 3.05) is 5.32 Å². The van der Waals surface area contributed by atoms with Gasteiger partial charge in [0.1, 0.15) is 11.3 Å². The summed E-state index contributed by atoms with van der Waals surface area (Å²) in [6.45, 7) is 3.89. The third kappa shape index (κ3) is 2.84. The van der Waals surface area contributed by atoms with Gasteiger partial charge in [-0.2, -0.15) is 0 Å². The maximum absolute atomic E-state index is 11.8. The van der Waals surface area contributed by atoms with E-state index in [1.165, 1.54) is 6.07 Å². The topological polar surface area (TPSA) is 62.5 Å². The fourth-order valence-electron chi connectivity index (χ4n) is 3.11. The van der Waals surface area contributed by atoms with E-state index >= 15 is 0 Å². The van der Waals surface area contributed by atoms with Crippen LogP contribution in [0.25, 0.3) is 21.7 Å². The molecule has 4 nitrogen and oxygen atoms in total. The van der Waals surface area contributed by atoms with Crippen molar-refractivity contribution >= 4 is 49.0 Å². The van der Waals surface area contributed by atoms with Crippen molar-refractivity contribution in [3.8, 4) is 5.75 Å². The van der Waals surface area contributed by atoms with Crippen LogP contribution in [-0.4, -0.2) is 5.11 Å². The van der Waals surface area contributed by atoms with Gasteiger partial charge in [-0.1, -0.05) is 18.2 Å². The minimum Gasteiger partial charge on any atom is -0.506 e. The summed E-state index contributed by atoms with van der Waals surface area (Å²) in [5.74, 6) is 0.0848. The quantitative estimate of drug-likeness (QED) is 0.250. The first-order chi connectivity index (χ1) is 12.4. The molecule has 5 heteroatoms. The molecule has 1 heterocycles. The van der Waals surface area contributed by atoms with Crippen LogP contribution >= 0.6 is 15.9 Å². The third-order valence-corrected chi connectivity index (χ3v) is 5.10. The molecule has 26 heavy (non-hydrogen) atoms. The molecule has 0 aliphatic rings. The van der Waals surface area contributed by atoms with Crippen LogP contribution in [-0.2, 0) is 0 Å². The van der Waals surface area contributed by atoms with E-state index in [1.54, 1.807) is 6.07 Å². The number of anilines is 2. The molecule has 2 N–H and O–H groups in total. The number of aryl methyl sites for hydroxylation is 2. The molecule has 0 spiro atoms. The van der Waals surface area contributed by atoms with E-state index in [-0.39, 0.29) is 5.75 Å². The molecule has 0 aliphatic heterocycles. The molecule has 0 atom stereocenters. The molecule has 0 amide bonds. The first-order valence-electron chi connectivity index (χ1n) is 8.16. The number of phenolic OH excluding ortho intramolecular Hbond substituents is 1. The highest BCUT2D eigenvalue weighted by atomic mass is 79.9. The molecule has 1 aromatic heterocycles. The summed E-state index contributed by atoms with van der Waals surface area (Å²) in [5, 5.41) is 16.2. The maximum atomic E-state index is 11.8. The predicted molar refractivity (Wildman–Crippen MR) is 109 cm³/mol. The number of hydrogen-bond acceptors (Lipinski definition) is 4. The molecule has 0 unspecified atom stereocenters. The van der Waals surface area contributed by atoms with Crippen molar-refractivity contribution in [2.45, 2.75) is 13.8 Å². The van der Waals surface area contributed by atoms with Gasteiger partial charge in [-0.15, -0.1) is 0 Å². The highest BCUT2D eigenvalue weighted by molar-refractivity contribution is 9.10. The summed E-state index contributed by atoms with van der Waals surface area (Å²) >= 11 is 3.53. The smallest absolute Gasteiger partial charge is 0.336 e. The second kappa shape index (κ2) is 6.18. The van der Waals surface area contributed by atoms with E-state index in [1.807, 2.05) is 50.2 Å². The van der Waals surface area contributed by atoms with Crippen molar-refractivity contribution < 1.29 is 9.52 Å². The van der Waals surface area contributed by atoms with E-state index in [4.69, 9.17) is 4.42 Å². The average molecular weight is 410 g/mol. The lowest BCUT2D eigenvalue weighted by molar-refractivity contribution is 0.478. The van der Waals surface area contributed by atoms with Gasteiger partial charge in [-0.05, 0) is 70.6 Å². The Morgan fingerprint density at radius 2 is 1.77 bits per heavy atom. The third-order valence-electron chi connectivity index (χ3n) is 4.44. The van der Waals surface area contributed by atoms with Crippen LogP contribution in [0, 0.1) is 13.8 Å². The summed E-state index contributed by atoms with van der Waals surface area (Å²) in [5.41, 5.74) is 3.52. The van der Waals surface area contributed by atoms with Crippen molar-refractivity contribution in [1.82, 2.24) is 0 Å². The molecule has 0 saturated heterocycles. The van der Waals surface area contributed by atoms with Crippen molar-refractivity contribution in [1.29, 1.82) is 0 Å². The van der Waals surface area contributed by atoms with E-state index in [0.717, 1.165) is 32.1 Å². The van der Waals surface area contributed by atoms with Gasteiger partial charge in [0.05, 0.1) is 11.4 Å². The zero-order valence-corrected chi connectivity index (χ0v) is 15.8. The molecule has 3 aromatic carbocycles. The van der Waals surface area contributed by atoms with E-state index in [9.17, 15) is 9.90 Å². The Kier molecular flexibility index (Phi) is 3.96. The monoisotopic (exact) mass is 409 g/mol. The Hall–Kier alpha value is -2.79. The molecule has 0 fully saturated rings. The van der Waals surface area contributed by atoms with Gasteiger partial charge < -0.3 is 14.8 Å². The maximum Gasteiger partial charge on any atom is 0.336 e. The lowest BCUT2D eigenvalue weighted by Crippen LogP contribution is -1.98. The summed E-state index contributed by atoms with van der Waals surface area (Å²) in [7, 11) is 0. The normalized spacial score (nSPS) is 11.2. The Bertz CT molecular complexity index is 1230. The van der Waals surface area contributed by atoms with Crippen molar-refractivity contribution in [3.63, 3.8) is 0 Å². The highest BCUT2D eigenvalue weighted by Crippen LogP contribution is 2.37. The molecule has 130 valence electrons. The van der Waals surface area contributed by atoms with E-state index in [0.29, 0.717) is 16.7 Å². The second-order valence-electron chi connectivity index (χ2n) is 6.39. The fraction of sp³-hybridized carbons (Fsp3) is 0.0952. The Morgan fingerprint density at radius 1 is 0.962 bits per heavy atom. The van der Waals surface area contributed by atoms with E-state index in [2.05, 4.69) is 21.2 Å². The fourth-order valence-corrected chi connectivity index (χ4v) is 3.70. The molecule has 0 saturated carbocycles. The number of fused-ring (bicyclic) bond motifs is 3. The van der Waals surface area contributed by atoms with Crippen LogP contribution in [0.5, 0.6) is 5.75 Å². The van der Waals surface area contributed by atoms with Crippen LogP contribution in [0.2, 0.25) is 0 Å². The largest absolute Gasteiger partial charge is 0.506 e. The Labute approximate surface area is 158 Å². The average Bonchev–Trinajstić information content (AvgIpc) is 2.58. The van der Waals surface area contributed by atoms with Crippen LogP contribution in [0.1, 0.15) is 11.1 Å². The van der Waals surface area contributed by atoms with Crippen LogP contribution < -0.4 is 10.9 Å². The lowest BCUT2D eigenvalue weighted by Gasteiger charge is -2.13. The number of rotatable bonds is 2. The zero-order chi connectivity index (χ0) is 18.4. The van der Waals surface area contributed by atoms with Gasteiger partial charge in [0.15, 0.2) is 0 Å². The molecule has 0 bridgehead atoms.